The van der Waals surface area contributed by atoms with E-state index >= 15 is 0 Å². The maximum Gasteiger partial charge on any atom is 0.233 e. The Morgan fingerprint density at radius 2 is 1.89 bits per heavy atom. The molecule has 0 aliphatic heterocycles. The first-order valence-electron chi connectivity index (χ1n) is 9.30. The number of nitrogens with one attached hydrogen (secondary N) is 1. The summed E-state index contributed by atoms with van der Waals surface area (Å²) in [5, 5.41) is 12.1. The summed E-state index contributed by atoms with van der Waals surface area (Å²) in [7, 11) is 0. The Morgan fingerprint density at radius 3 is 2.57 bits per heavy atom. The number of rotatable bonds is 7. The lowest BCUT2D eigenvalue weighted by Gasteiger charge is -2.14. The molecule has 0 bridgehead atoms. The van der Waals surface area contributed by atoms with Gasteiger partial charge in [0.15, 0.2) is 11.0 Å². The fourth-order valence-electron chi connectivity index (χ4n) is 2.85. The number of aromatic nitrogens is 3. The molecule has 1 heterocycles. The Hall–Kier alpha value is -2.67. The van der Waals surface area contributed by atoms with Crippen molar-refractivity contribution in [1.29, 1.82) is 0 Å². The average Bonchev–Trinajstić information content (AvgIpc) is 3.44. The number of carbonyl (C=O) groups excluding carboxylic acids is 1. The van der Waals surface area contributed by atoms with Gasteiger partial charge in [-0.3, -0.25) is 9.36 Å². The summed E-state index contributed by atoms with van der Waals surface area (Å²) in [6.45, 7) is 2.45. The molecule has 7 heteroatoms. The number of thioether (sulfide) groups is 1. The van der Waals surface area contributed by atoms with Gasteiger partial charge in [0.25, 0.3) is 0 Å². The van der Waals surface area contributed by atoms with Gasteiger partial charge in [0.05, 0.1) is 11.8 Å². The summed E-state index contributed by atoms with van der Waals surface area (Å²) in [4.78, 5) is 12.4. The van der Waals surface area contributed by atoms with E-state index in [1.807, 2.05) is 41.8 Å². The number of benzene rings is 2. The molecule has 1 atom stereocenters. The van der Waals surface area contributed by atoms with Gasteiger partial charge in [0.1, 0.15) is 5.82 Å². The summed E-state index contributed by atoms with van der Waals surface area (Å²) >= 11 is 1.39. The fraction of sp³-hybridized carbons (Fsp3) is 0.286. The van der Waals surface area contributed by atoms with E-state index in [1.165, 1.54) is 23.9 Å². The number of hydrogen-bond donors (Lipinski definition) is 1. The van der Waals surface area contributed by atoms with Crippen LogP contribution in [-0.4, -0.2) is 32.0 Å². The zero-order valence-corrected chi connectivity index (χ0v) is 16.3. The van der Waals surface area contributed by atoms with Crippen LogP contribution in [0.3, 0.4) is 0 Å². The lowest BCUT2D eigenvalue weighted by molar-refractivity contribution is -0.120. The van der Waals surface area contributed by atoms with Crippen molar-refractivity contribution in [3.8, 4) is 11.4 Å². The van der Waals surface area contributed by atoms with Gasteiger partial charge >= 0.3 is 0 Å². The minimum absolute atomic E-state index is 0.0186. The Kier molecular flexibility index (Phi) is 5.43. The third kappa shape index (κ3) is 4.42. The summed E-state index contributed by atoms with van der Waals surface area (Å²) in [6.07, 6.45) is 2.12. The van der Waals surface area contributed by atoms with Gasteiger partial charge < -0.3 is 5.32 Å². The standard InChI is InChI=1S/C21H21FN4OS/c1-14(20(27)23-18-11-12-18)28-21-25-24-19(16-7-9-17(22)10-8-16)26(21)13-15-5-3-2-4-6-15/h2-10,14,18H,11-13H2,1H3,(H,23,27). The van der Waals surface area contributed by atoms with Crippen molar-refractivity contribution < 1.29 is 9.18 Å². The van der Waals surface area contributed by atoms with E-state index < -0.39 is 0 Å². The van der Waals surface area contributed by atoms with Crippen molar-refractivity contribution in [3.63, 3.8) is 0 Å². The molecule has 0 saturated heterocycles. The SMILES string of the molecule is CC(Sc1nnc(-c2ccc(F)cc2)n1Cc1ccccc1)C(=O)NC1CC1. The van der Waals surface area contributed by atoms with Crippen LogP contribution in [0.2, 0.25) is 0 Å². The van der Waals surface area contributed by atoms with Gasteiger partial charge in [-0.2, -0.15) is 0 Å². The molecule has 1 saturated carbocycles. The molecule has 4 rings (SSSR count). The van der Waals surface area contributed by atoms with Gasteiger partial charge in [0, 0.05) is 11.6 Å². The minimum Gasteiger partial charge on any atom is -0.352 e. The van der Waals surface area contributed by atoms with Crippen molar-refractivity contribution >= 4 is 17.7 Å². The van der Waals surface area contributed by atoms with Gasteiger partial charge in [0.2, 0.25) is 5.91 Å². The second-order valence-electron chi connectivity index (χ2n) is 6.93. The smallest absolute Gasteiger partial charge is 0.233 e. The Labute approximate surface area is 167 Å². The molecule has 5 nitrogen and oxygen atoms in total. The topological polar surface area (TPSA) is 59.8 Å². The van der Waals surface area contributed by atoms with Crippen molar-refractivity contribution in [2.75, 3.05) is 0 Å². The number of carbonyl (C=O) groups is 1. The van der Waals surface area contributed by atoms with Crippen molar-refractivity contribution in [1.82, 2.24) is 20.1 Å². The third-order valence-corrected chi connectivity index (χ3v) is 5.66. The van der Waals surface area contributed by atoms with Gasteiger partial charge in [-0.1, -0.05) is 42.1 Å². The summed E-state index contributed by atoms with van der Waals surface area (Å²) in [6, 6.07) is 16.5. The molecular weight excluding hydrogens is 375 g/mol. The Balaban J connectivity index is 1.63. The van der Waals surface area contributed by atoms with Crippen LogP contribution in [-0.2, 0) is 11.3 Å². The lowest BCUT2D eigenvalue weighted by Crippen LogP contribution is -2.32. The van der Waals surface area contributed by atoms with Crippen LogP contribution in [0.4, 0.5) is 4.39 Å². The third-order valence-electron chi connectivity index (χ3n) is 4.58. The van der Waals surface area contributed by atoms with Gasteiger partial charge in [-0.25, -0.2) is 4.39 Å². The zero-order chi connectivity index (χ0) is 19.5. The van der Waals surface area contributed by atoms with E-state index in [0.29, 0.717) is 23.6 Å². The highest BCUT2D eigenvalue weighted by atomic mass is 32.2. The molecule has 1 aliphatic rings. The lowest BCUT2D eigenvalue weighted by atomic mass is 10.2. The quantitative estimate of drug-likeness (QED) is 0.616. The van der Waals surface area contributed by atoms with E-state index in [1.54, 1.807) is 12.1 Å². The zero-order valence-electron chi connectivity index (χ0n) is 15.5. The van der Waals surface area contributed by atoms with Crippen molar-refractivity contribution in [2.24, 2.45) is 0 Å². The van der Waals surface area contributed by atoms with E-state index in [-0.39, 0.29) is 17.0 Å². The van der Waals surface area contributed by atoms with Crippen LogP contribution in [0.25, 0.3) is 11.4 Å². The van der Waals surface area contributed by atoms with Crippen LogP contribution in [0.15, 0.2) is 59.8 Å². The van der Waals surface area contributed by atoms with Crippen molar-refractivity contribution in [2.45, 2.75) is 42.8 Å². The van der Waals surface area contributed by atoms with E-state index in [2.05, 4.69) is 15.5 Å². The van der Waals surface area contributed by atoms with Crippen LogP contribution in [0.1, 0.15) is 25.3 Å². The highest BCUT2D eigenvalue weighted by Crippen LogP contribution is 2.29. The molecule has 28 heavy (non-hydrogen) atoms. The summed E-state index contributed by atoms with van der Waals surface area (Å²) in [5.74, 6) is 0.379. The number of amides is 1. The van der Waals surface area contributed by atoms with Crippen LogP contribution >= 0.6 is 11.8 Å². The molecule has 1 amide bonds. The minimum atomic E-state index is -0.294. The largest absolute Gasteiger partial charge is 0.352 e. The molecule has 1 fully saturated rings. The van der Waals surface area contributed by atoms with Crippen molar-refractivity contribution in [3.05, 3.63) is 66.0 Å². The number of hydrogen-bond acceptors (Lipinski definition) is 4. The molecule has 1 aliphatic carbocycles. The molecule has 3 aromatic rings. The first-order valence-corrected chi connectivity index (χ1v) is 10.2. The van der Waals surface area contributed by atoms with Crippen LogP contribution < -0.4 is 5.32 Å². The maximum atomic E-state index is 13.3. The highest BCUT2D eigenvalue weighted by molar-refractivity contribution is 8.00. The van der Waals surface area contributed by atoms with E-state index in [9.17, 15) is 9.18 Å². The molecule has 144 valence electrons. The van der Waals surface area contributed by atoms with E-state index in [0.717, 1.165) is 24.0 Å². The molecule has 1 unspecified atom stereocenters. The second kappa shape index (κ2) is 8.14. The van der Waals surface area contributed by atoms with E-state index in [4.69, 9.17) is 0 Å². The van der Waals surface area contributed by atoms with Gasteiger partial charge in [-0.15, -0.1) is 10.2 Å². The molecule has 0 radical (unpaired) electrons. The molecule has 1 N–H and O–H groups in total. The molecule has 0 spiro atoms. The number of nitrogens with zero attached hydrogens (tertiary/aromatic N) is 3. The summed E-state index contributed by atoms with van der Waals surface area (Å²) < 4.78 is 15.3. The molecule has 1 aromatic heterocycles. The Bertz CT molecular complexity index is 954. The van der Waals surface area contributed by atoms with Crippen LogP contribution in [0, 0.1) is 5.82 Å². The average molecular weight is 396 g/mol. The predicted molar refractivity (Wildman–Crippen MR) is 107 cm³/mol. The monoisotopic (exact) mass is 396 g/mol. The predicted octanol–water partition coefficient (Wildman–Crippen LogP) is 3.89. The van der Waals surface area contributed by atoms with Gasteiger partial charge in [-0.05, 0) is 49.6 Å². The molecular formula is C21H21FN4OS. The fourth-order valence-corrected chi connectivity index (χ4v) is 3.71. The normalized spacial score (nSPS) is 14.6. The van der Waals surface area contributed by atoms with Crippen LogP contribution in [0.5, 0.6) is 0 Å². The molecule has 2 aromatic carbocycles. The Morgan fingerprint density at radius 1 is 1.18 bits per heavy atom. The maximum absolute atomic E-state index is 13.3. The number of halogens is 1. The summed E-state index contributed by atoms with van der Waals surface area (Å²) in [5.41, 5.74) is 1.88. The second-order valence-corrected chi connectivity index (χ2v) is 8.24. The first kappa shape index (κ1) is 18.7. The first-order chi connectivity index (χ1) is 13.6. The highest BCUT2D eigenvalue weighted by Gasteiger charge is 2.27.